The highest BCUT2D eigenvalue weighted by Gasteiger charge is 2.44. The zero-order valence-electron chi connectivity index (χ0n) is 8.96. The average molecular weight is 159 g/mol. The predicted octanol–water partition coefficient (Wildman–Crippen LogP) is 3.04. The van der Waals surface area contributed by atoms with Crippen molar-refractivity contribution in [2.24, 2.45) is 11.8 Å². The topological polar surface area (TPSA) is 0 Å². The Balaban J connectivity index is 2.05. The van der Waals surface area contributed by atoms with Crippen molar-refractivity contribution in [1.82, 2.24) is 0 Å². The Hall–Kier alpha value is -0.910. The molecule has 0 aromatic carbocycles. The first kappa shape index (κ1) is 4.96. The van der Waals surface area contributed by atoms with Crippen LogP contribution in [0.3, 0.4) is 0 Å². The molecule has 3 saturated carbocycles. The largest absolute Gasteiger partial charge is 0.0950 e. The van der Waals surface area contributed by atoms with E-state index in [-0.39, 0.29) is 0 Å². The van der Waals surface area contributed by atoms with Gasteiger partial charge in [0.05, 0.1) is 5.57 Å². The van der Waals surface area contributed by atoms with Gasteiger partial charge in [0, 0.05) is 51.3 Å². The van der Waals surface area contributed by atoms with Crippen LogP contribution in [-0.4, -0.2) is 0 Å². The van der Waals surface area contributed by atoms with Gasteiger partial charge in [0.15, 0.2) is 0 Å². The molecule has 0 radical (unpaired) electrons. The lowest BCUT2D eigenvalue weighted by Crippen LogP contribution is -2.11. The first-order valence-corrected chi connectivity index (χ1v) is 4.62. The van der Waals surface area contributed by atoms with Crippen LogP contribution in [0.4, 0.5) is 0 Å². The summed E-state index contributed by atoms with van der Waals surface area (Å²) in [5, 5.41) is 0. The molecule has 0 heteroatoms. The Morgan fingerprint density at radius 2 is 2.33 bits per heavy atom. The standard InChI is InChI=1S/C12H13/c1-2-4-10(5-3-1)12-8-9-6-11(12)7-9/h1-5,9,11H,6-8H2/q+1/i8D2. The SMILES string of the molecule is [2H]C1([2H])/C(=C2\C=CC=C[CH+]2)C2CC1C2. The molecule has 0 heterocycles. The highest BCUT2D eigenvalue weighted by Crippen LogP contribution is 2.53. The number of hydrogen-bond acceptors (Lipinski definition) is 0. The van der Waals surface area contributed by atoms with Crippen molar-refractivity contribution in [1.29, 1.82) is 0 Å². The van der Waals surface area contributed by atoms with Crippen molar-refractivity contribution in [2.45, 2.75) is 19.2 Å². The molecule has 0 N–H and O–H groups in total. The fraction of sp³-hybridized carbons (Fsp3) is 0.417. The number of rotatable bonds is 0. The van der Waals surface area contributed by atoms with Crippen molar-refractivity contribution < 1.29 is 2.74 Å². The molecule has 0 amide bonds. The van der Waals surface area contributed by atoms with E-state index in [1.54, 1.807) is 0 Å². The molecule has 4 aliphatic rings. The zero-order valence-corrected chi connectivity index (χ0v) is 6.96. The summed E-state index contributed by atoms with van der Waals surface area (Å²) in [4.78, 5) is 0. The highest BCUT2D eigenvalue weighted by molar-refractivity contribution is 5.45. The average Bonchev–Trinajstić information content (AvgIpc) is 2.50. The molecule has 12 heavy (non-hydrogen) atoms. The molecule has 60 valence electrons. The summed E-state index contributed by atoms with van der Waals surface area (Å²) in [6.07, 6.45) is 11.1. The second kappa shape index (κ2) is 2.29. The van der Waals surface area contributed by atoms with Crippen LogP contribution in [0.1, 0.15) is 22.0 Å². The minimum Gasteiger partial charge on any atom is -0.0339 e. The van der Waals surface area contributed by atoms with Gasteiger partial charge in [-0.2, -0.15) is 0 Å². The maximum atomic E-state index is 8.06. The molecule has 2 bridgehead atoms. The van der Waals surface area contributed by atoms with Crippen molar-refractivity contribution in [3.63, 3.8) is 0 Å². The Labute approximate surface area is 76.5 Å². The molecular formula is C12H13+. The summed E-state index contributed by atoms with van der Waals surface area (Å²) in [7, 11) is 0. The summed E-state index contributed by atoms with van der Waals surface area (Å²) in [6.45, 7) is 0. The normalized spacial score (nSPS) is 49.3. The third kappa shape index (κ3) is 0.811. The fourth-order valence-electron chi connectivity index (χ4n) is 2.25. The van der Waals surface area contributed by atoms with Crippen LogP contribution in [0, 0.1) is 18.3 Å². The van der Waals surface area contributed by atoms with Crippen LogP contribution in [0.5, 0.6) is 0 Å². The van der Waals surface area contributed by atoms with Gasteiger partial charge < -0.3 is 0 Å². The number of hydrogen-bond donors (Lipinski definition) is 0. The molecule has 4 aliphatic carbocycles. The van der Waals surface area contributed by atoms with E-state index in [4.69, 9.17) is 2.74 Å². The Kier molecular flexibility index (Phi) is 0.945. The minimum atomic E-state index is -1.04. The second-order valence-electron chi connectivity index (χ2n) is 3.79. The molecular weight excluding hydrogens is 144 g/mol. The molecule has 0 aromatic rings. The van der Waals surface area contributed by atoms with Crippen molar-refractivity contribution in [3.8, 4) is 0 Å². The summed E-state index contributed by atoms with van der Waals surface area (Å²) in [5.74, 6) is 0.820. The molecule has 0 unspecified atom stereocenters. The lowest BCUT2D eigenvalue weighted by atomic mass is 9.83. The van der Waals surface area contributed by atoms with E-state index in [2.05, 4.69) is 0 Å². The first-order valence-electron chi connectivity index (χ1n) is 5.62. The van der Waals surface area contributed by atoms with E-state index in [1.165, 1.54) is 0 Å². The number of fused-ring (bicyclic) bond motifs is 1. The lowest BCUT2D eigenvalue weighted by Gasteiger charge is -2.20. The molecule has 0 spiro atoms. The van der Waals surface area contributed by atoms with Crippen molar-refractivity contribution in [3.05, 3.63) is 41.9 Å². The summed E-state index contributed by atoms with van der Waals surface area (Å²) in [5.41, 5.74) is 2.17. The highest BCUT2D eigenvalue weighted by atomic mass is 14.5. The molecule has 0 atom stereocenters. The maximum Gasteiger partial charge on any atom is 0.0950 e. The zero-order chi connectivity index (χ0) is 9.76. The third-order valence-electron chi connectivity index (χ3n) is 2.99. The van der Waals surface area contributed by atoms with Crippen molar-refractivity contribution in [2.75, 3.05) is 0 Å². The van der Waals surface area contributed by atoms with Gasteiger partial charge in [0.25, 0.3) is 0 Å². The van der Waals surface area contributed by atoms with Crippen LogP contribution in [0.15, 0.2) is 35.5 Å². The Morgan fingerprint density at radius 3 is 2.92 bits per heavy atom. The fourth-order valence-corrected chi connectivity index (χ4v) is 2.25. The first-order chi connectivity index (χ1) is 6.69. The molecule has 0 nitrogen and oxygen atoms in total. The Bertz CT molecular complexity index is 355. The quantitative estimate of drug-likeness (QED) is 0.476. The van der Waals surface area contributed by atoms with Crippen molar-refractivity contribution >= 4 is 0 Å². The van der Waals surface area contributed by atoms with E-state index in [9.17, 15) is 0 Å². The van der Waals surface area contributed by atoms with Gasteiger partial charge in [-0.1, -0.05) is 0 Å². The molecule has 0 aromatic heterocycles. The van der Waals surface area contributed by atoms with E-state index in [1.807, 2.05) is 30.7 Å². The summed E-state index contributed by atoms with van der Waals surface area (Å²) >= 11 is 0. The van der Waals surface area contributed by atoms with E-state index in [0.717, 1.165) is 24.0 Å². The van der Waals surface area contributed by atoms with Gasteiger partial charge in [-0.05, 0) is 18.8 Å². The number of allylic oxidation sites excluding steroid dienone is 6. The van der Waals surface area contributed by atoms with Crippen LogP contribution in [-0.2, 0) is 0 Å². The Morgan fingerprint density at radius 1 is 1.42 bits per heavy atom. The van der Waals surface area contributed by atoms with E-state index >= 15 is 0 Å². The predicted molar refractivity (Wildman–Crippen MR) is 50.4 cm³/mol. The maximum absolute atomic E-state index is 8.06. The van der Waals surface area contributed by atoms with Gasteiger partial charge in [-0.3, -0.25) is 0 Å². The van der Waals surface area contributed by atoms with Crippen LogP contribution >= 0.6 is 0 Å². The van der Waals surface area contributed by atoms with Gasteiger partial charge in [-0.25, -0.2) is 0 Å². The second-order valence-corrected chi connectivity index (χ2v) is 3.79. The summed E-state index contributed by atoms with van der Waals surface area (Å²) in [6, 6.07) is 0. The summed E-state index contributed by atoms with van der Waals surface area (Å²) < 4.78 is 16.1. The van der Waals surface area contributed by atoms with Crippen LogP contribution in [0.25, 0.3) is 0 Å². The van der Waals surface area contributed by atoms with Gasteiger partial charge in [0.1, 0.15) is 0 Å². The van der Waals surface area contributed by atoms with E-state index in [0.29, 0.717) is 11.8 Å². The van der Waals surface area contributed by atoms with Gasteiger partial charge in [0.2, 0.25) is 0 Å². The monoisotopic (exact) mass is 159 g/mol. The van der Waals surface area contributed by atoms with Crippen LogP contribution in [0.2, 0.25) is 0 Å². The molecule has 0 saturated heterocycles. The van der Waals surface area contributed by atoms with Gasteiger partial charge >= 0.3 is 0 Å². The molecule has 3 fully saturated rings. The molecule has 4 rings (SSSR count). The third-order valence-corrected chi connectivity index (χ3v) is 2.99. The smallest absolute Gasteiger partial charge is 0.0339 e. The van der Waals surface area contributed by atoms with Gasteiger partial charge in [-0.15, -0.1) is 0 Å². The minimum absolute atomic E-state index is 0.294. The lowest BCUT2D eigenvalue weighted by molar-refractivity contribution is 0.316. The van der Waals surface area contributed by atoms with Crippen LogP contribution < -0.4 is 0 Å². The molecule has 0 aliphatic heterocycles. The van der Waals surface area contributed by atoms with E-state index < -0.39 is 6.37 Å².